The Kier molecular flexibility index (Phi) is 8.36. The predicted molar refractivity (Wildman–Crippen MR) is 99.8 cm³/mol. The van der Waals surface area contributed by atoms with Gasteiger partial charge in [-0.1, -0.05) is 6.07 Å². The van der Waals surface area contributed by atoms with Crippen LogP contribution in [0.5, 0.6) is 0 Å². The van der Waals surface area contributed by atoms with Crippen molar-refractivity contribution < 1.29 is 0 Å². The van der Waals surface area contributed by atoms with E-state index in [1.54, 1.807) is 18.4 Å². The van der Waals surface area contributed by atoms with E-state index < -0.39 is 0 Å². The van der Waals surface area contributed by atoms with Crippen LogP contribution in [0.25, 0.3) is 0 Å². The van der Waals surface area contributed by atoms with E-state index in [1.807, 2.05) is 24.0 Å². The van der Waals surface area contributed by atoms with Crippen LogP contribution < -0.4 is 10.6 Å². The summed E-state index contributed by atoms with van der Waals surface area (Å²) in [6, 6.07) is 4.24. The molecule has 2 aromatic rings. The first-order chi connectivity index (χ1) is 9.78. The molecule has 0 aliphatic rings. The third-order valence-corrected chi connectivity index (χ3v) is 3.80. The number of thiophene rings is 1. The van der Waals surface area contributed by atoms with E-state index in [1.165, 1.54) is 10.4 Å². The highest BCUT2D eigenvalue weighted by molar-refractivity contribution is 14.0. The smallest absolute Gasteiger partial charge is 0.191 e. The van der Waals surface area contributed by atoms with E-state index in [0.29, 0.717) is 0 Å². The van der Waals surface area contributed by atoms with Gasteiger partial charge in [0.2, 0.25) is 0 Å². The average Bonchev–Trinajstić information content (AvgIpc) is 3.09. The second-order valence-electron chi connectivity index (χ2n) is 4.54. The van der Waals surface area contributed by atoms with Crippen LogP contribution in [0.2, 0.25) is 0 Å². The summed E-state index contributed by atoms with van der Waals surface area (Å²) >= 11 is 1.79. The molecule has 2 aromatic heterocycles. The van der Waals surface area contributed by atoms with E-state index in [4.69, 9.17) is 0 Å². The highest BCUT2D eigenvalue weighted by atomic mass is 127. The Balaban J connectivity index is 0.00000220. The molecule has 0 fully saturated rings. The molecule has 0 saturated heterocycles. The molecule has 0 amide bonds. The summed E-state index contributed by atoms with van der Waals surface area (Å²) in [6.07, 6.45) is 4.93. The van der Waals surface area contributed by atoms with Crippen LogP contribution in [0.4, 0.5) is 0 Å². The van der Waals surface area contributed by atoms with Crippen LogP contribution >= 0.6 is 35.3 Å². The lowest BCUT2D eigenvalue weighted by Gasteiger charge is -2.11. The highest BCUT2D eigenvalue weighted by Crippen LogP contribution is 2.07. The first kappa shape index (κ1) is 18.0. The maximum absolute atomic E-state index is 4.25. The quantitative estimate of drug-likeness (QED) is 0.429. The Labute approximate surface area is 146 Å². The van der Waals surface area contributed by atoms with Crippen LogP contribution in [-0.4, -0.2) is 35.9 Å². The van der Waals surface area contributed by atoms with E-state index in [9.17, 15) is 0 Å². The number of aromatic nitrogens is 2. The van der Waals surface area contributed by atoms with Gasteiger partial charge in [0, 0.05) is 31.2 Å². The number of nitrogens with zero attached hydrogens (tertiary/aromatic N) is 3. The van der Waals surface area contributed by atoms with Crippen LogP contribution in [0.3, 0.4) is 0 Å². The van der Waals surface area contributed by atoms with Crippen molar-refractivity contribution in [2.45, 2.75) is 19.9 Å². The Morgan fingerprint density at radius 2 is 2.19 bits per heavy atom. The van der Waals surface area contributed by atoms with Crippen molar-refractivity contribution in [3.05, 3.63) is 40.3 Å². The highest BCUT2D eigenvalue weighted by Gasteiger charge is 1.99. The van der Waals surface area contributed by atoms with E-state index in [2.05, 4.69) is 38.2 Å². The van der Waals surface area contributed by atoms with E-state index in [0.717, 1.165) is 32.0 Å². The predicted octanol–water partition coefficient (Wildman–Crippen LogP) is 2.28. The van der Waals surface area contributed by atoms with Gasteiger partial charge in [-0.25, -0.2) is 0 Å². The van der Waals surface area contributed by atoms with Crippen molar-refractivity contribution in [2.24, 2.45) is 4.99 Å². The zero-order chi connectivity index (χ0) is 14.2. The minimum atomic E-state index is 0. The molecule has 116 valence electrons. The molecule has 2 N–H and O–H groups in total. The normalized spacial score (nSPS) is 11.0. The standard InChI is InChI=1S/C14H21N5S.HI/c1-12-10-18-19(11-12)8-7-17-14(15-2)16-6-5-13-4-3-9-20-13;/h3-4,9-11H,5-8H2,1-2H3,(H2,15,16,17);1H. The molecule has 2 heterocycles. The summed E-state index contributed by atoms with van der Waals surface area (Å²) in [5.74, 6) is 0.838. The van der Waals surface area contributed by atoms with Crippen molar-refractivity contribution in [2.75, 3.05) is 20.1 Å². The Hall–Kier alpha value is -1.09. The average molecular weight is 419 g/mol. The summed E-state index contributed by atoms with van der Waals surface area (Å²) in [7, 11) is 1.79. The van der Waals surface area contributed by atoms with Crippen LogP contribution in [0, 0.1) is 6.92 Å². The lowest BCUT2D eigenvalue weighted by atomic mass is 10.3. The first-order valence-corrected chi connectivity index (χ1v) is 7.62. The lowest BCUT2D eigenvalue weighted by molar-refractivity contribution is 0.597. The van der Waals surface area contributed by atoms with E-state index >= 15 is 0 Å². The number of aryl methyl sites for hydroxylation is 1. The Bertz CT molecular complexity index is 535. The van der Waals surface area contributed by atoms with Crippen LogP contribution in [0.15, 0.2) is 34.9 Å². The fraction of sp³-hybridized carbons (Fsp3) is 0.429. The third-order valence-electron chi connectivity index (χ3n) is 2.86. The zero-order valence-corrected chi connectivity index (χ0v) is 15.5. The molecule has 0 aliphatic carbocycles. The second kappa shape index (κ2) is 9.78. The van der Waals surface area contributed by atoms with Gasteiger partial charge >= 0.3 is 0 Å². The molecule has 0 aromatic carbocycles. The topological polar surface area (TPSA) is 54.2 Å². The van der Waals surface area contributed by atoms with Crippen LogP contribution in [0.1, 0.15) is 10.4 Å². The van der Waals surface area contributed by atoms with Crippen LogP contribution in [-0.2, 0) is 13.0 Å². The van der Waals surface area contributed by atoms with Gasteiger partial charge in [-0.3, -0.25) is 9.67 Å². The molecule has 0 bridgehead atoms. The van der Waals surface area contributed by atoms with Crippen molar-refractivity contribution in [1.82, 2.24) is 20.4 Å². The van der Waals surface area contributed by atoms with Gasteiger partial charge in [0.1, 0.15) is 0 Å². The van der Waals surface area contributed by atoms with Crippen molar-refractivity contribution in [1.29, 1.82) is 0 Å². The molecule has 0 radical (unpaired) electrons. The second-order valence-corrected chi connectivity index (χ2v) is 5.57. The number of hydrogen-bond acceptors (Lipinski definition) is 3. The van der Waals surface area contributed by atoms with Crippen molar-refractivity contribution in [3.8, 4) is 0 Å². The summed E-state index contributed by atoms with van der Waals surface area (Å²) in [6.45, 7) is 4.57. The van der Waals surface area contributed by atoms with Gasteiger partial charge < -0.3 is 10.6 Å². The maximum Gasteiger partial charge on any atom is 0.191 e. The number of guanidine groups is 1. The molecule has 0 unspecified atom stereocenters. The largest absolute Gasteiger partial charge is 0.356 e. The molecule has 0 aliphatic heterocycles. The monoisotopic (exact) mass is 419 g/mol. The van der Waals surface area contributed by atoms with Gasteiger partial charge in [-0.05, 0) is 30.4 Å². The molecular formula is C14H22IN5S. The molecular weight excluding hydrogens is 397 g/mol. The van der Waals surface area contributed by atoms with E-state index in [-0.39, 0.29) is 24.0 Å². The molecule has 0 atom stereocenters. The summed E-state index contributed by atoms with van der Waals surface area (Å²) in [4.78, 5) is 5.60. The third kappa shape index (κ3) is 6.47. The van der Waals surface area contributed by atoms with Gasteiger partial charge in [-0.2, -0.15) is 5.10 Å². The molecule has 0 saturated carbocycles. The number of halogens is 1. The SMILES string of the molecule is CN=C(NCCc1cccs1)NCCn1cc(C)cn1.I. The molecule has 21 heavy (non-hydrogen) atoms. The number of hydrogen-bond donors (Lipinski definition) is 2. The minimum absolute atomic E-state index is 0. The van der Waals surface area contributed by atoms with Gasteiger partial charge in [0.05, 0.1) is 12.7 Å². The zero-order valence-electron chi connectivity index (χ0n) is 12.4. The van der Waals surface area contributed by atoms with Crippen molar-refractivity contribution >= 4 is 41.3 Å². The van der Waals surface area contributed by atoms with Gasteiger partial charge in [-0.15, -0.1) is 35.3 Å². The molecule has 7 heteroatoms. The van der Waals surface area contributed by atoms with Gasteiger partial charge in [0.15, 0.2) is 5.96 Å². The minimum Gasteiger partial charge on any atom is -0.356 e. The number of rotatable bonds is 6. The van der Waals surface area contributed by atoms with Gasteiger partial charge in [0.25, 0.3) is 0 Å². The summed E-state index contributed by atoms with van der Waals surface area (Å²) in [5.41, 5.74) is 1.18. The Morgan fingerprint density at radius 3 is 2.81 bits per heavy atom. The molecule has 5 nitrogen and oxygen atoms in total. The fourth-order valence-electron chi connectivity index (χ4n) is 1.86. The Morgan fingerprint density at radius 1 is 1.38 bits per heavy atom. The molecule has 2 rings (SSSR count). The summed E-state index contributed by atoms with van der Waals surface area (Å²) < 4.78 is 1.93. The maximum atomic E-state index is 4.25. The molecule has 0 spiro atoms. The summed E-state index contributed by atoms with van der Waals surface area (Å²) in [5, 5.41) is 13.0. The number of aliphatic imine (C=N–C) groups is 1. The fourth-order valence-corrected chi connectivity index (χ4v) is 2.57. The van der Waals surface area contributed by atoms with Crippen molar-refractivity contribution in [3.63, 3.8) is 0 Å². The lowest BCUT2D eigenvalue weighted by Crippen LogP contribution is -2.39. The number of nitrogens with one attached hydrogen (secondary N) is 2. The first-order valence-electron chi connectivity index (χ1n) is 6.74.